The average Bonchev–Trinajstić information content (AvgIpc) is 2.27. The number of aliphatic hydroxyl groups is 1. The molecule has 0 heterocycles. The molecule has 1 N–H and O–H groups in total. The third-order valence-electron chi connectivity index (χ3n) is 4.32. The first-order valence-corrected chi connectivity index (χ1v) is 6.09. The maximum absolute atomic E-state index is 12.1. The second-order valence-corrected chi connectivity index (χ2v) is 5.25. The molecule has 16 heavy (non-hydrogen) atoms. The third-order valence-corrected chi connectivity index (χ3v) is 4.32. The van der Waals surface area contributed by atoms with Gasteiger partial charge in [-0.25, -0.2) is 0 Å². The molecule has 2 aliphatic rings. The van der Waals surface area contributed by atoms with Crippen molar-refractivity contribution in [1.82, 2.24) is 0 Å². The van der Waals surface area contributed by atoms with E-state index < -0.39 is 0 Å². The number of allylic oxidation sites excluding steroid dienone is 3. The van der Waals surface area contributed by atoms with Gasteiger partial charge in [0, 0.05) is 5.41 Å². The molecule has 0 aliphatic heterocycles. The van der Waals surface area contributed by atoms with Crippen LogP contribution in [0.15, 0.2) is 22.8 Å². The Morgan fingerprint density at radius 2 is 2.19 bits per heavy atom. The zero-order valence-electron chi connectivity index (χ0n) is 10.3. The van der Waals surface area contributed by atoms with Crippen molar-refractivity contribution in [2.24, 2.45) is 5.41 Å². The number of Topliss-reactive ketones (excluding diaryl/α,β-unsaturated/α-hetero) is 1. The minimum absolute atomic E-state index is 0.184. The van der Waals surface area contributed by atoms with Gasteiger partial charge in [0.2, 0.25) is 0 Å². The summed E-state index contributed by atoms with van der Waals surface area (Å²) in [7, 11) is 0. The highest BCUT2D eigenvalue weighted by Crippen LogP contribution is 2.49. The first-order valence-electron chi connectivity index (χ1n) is 6.09. The molecule has 0 unspecified atom stereocenters. The molecule has 2 nitrogen and oxygen atoms in total. The van der Waals surface area contributed by atoms with E-state index in [1.54, 1.807) is 0 Å². The highest BCUT2D eigenvalue weighted by Gasteiger charge is 2.45. The van der Waals surface area contributed by atoms with Crippen molar-refractivity contribution in [3.8, 4) is 0 Å². The fourth-order valence-corrected chi connectivity index (χ4v) is 3.20. The van der Waals surface area contributed by atoms with Crippen LogP contribution in [-0.2, 0) is 4.79 Å². The van der Waals surface area contributed by atoms with Crippen LogP contribution < -0.4 is 0 Å². The molecule has 0 radical (unpaired) electrons. The number of hydrogen-bond donors (Lipinski definition) is 1. The van der Waals surface area contributed by atoms with Crippen LogP contribution in [-0.4, -0.2) is 17.0 Å². The molecule has 1 fully saturated rings. The van der Waals surface area contributed by atoms with Crippen LogP contribution in [0.3, 0.4) is 0 Å². The molecule has 2 aliphatic carbocycles. The van der Waals surface area contributed by atoms with E-state index in [1.165, 1.54) is 5.57 Å². The summed E-state index contributed by atoms with van der Waals surface area (Å²) in [5, 5.41) is 10.2. The Balaban J connectivity index is 2.54. The summed E-state index contributed by atoms with van der Waals surface area (Å²) in [6.45, 7) is 5.92. The van der Waals surface area contributed by atoms with Crippen molar-refractivity contribution in [2.75, 3.05) is 0 Å². The van der Waals surface area contributed by atoms with Crippen molar-refractivity contribution in [3.05, 3.63) is 22.8 Å². The van der Waals surface area contributed by atoms with Crippen molar-refractivity contribution < 1.29 is 9.90 Å². The molecule has 0 aromatic rings. The summed E-state index contributed by atoms with van der Waals surface area (Å²) < 4.78 is 0. The van der Waals surface area contributed by atoms with Crippen molar-refractivity contribution >= 4 is 5.78 Å². The molecule has 88 valence electrons. The maximum Gasteiger partial charge on any atom is 0.184 e. The predicted octanol–water partition coefficient (Wildman–Crippen LogP) is 2.77. The lowest BCUT2D eigenvalue weighted by molar-refractivity contribution is -0.113. The largest absolute Gasteiger partial charge is 0.392 e. The number of ketones is 1. The van der Waals surface area contributed by atoms with Gasteiger partial charge in [-0.1, -0.05) is 18.6 Å². The van der Waals surface area contributed by atoms with Crippen LogP contribution in [0.4, 0.5) is 0 Å². The molecule has 0 spiro atoms. The molecule has 2 heteroatoms. The molecule has 0 amide bonds. The van der Waals surface area contributed by atoms with E-state index in [2.05, 4.69) is 6.92 Å². The molecule has 0 aromatic heterocycles. The molecule has 1 saturated carbocycles. The van der Waals surface area contributed by atoms with Crippen molar-refractivity contribution in [3.63, 3.8) is 0 Å². The molecule has 0 bridgehead atoms. The zero-order chi connectivity index (χ0) is 11.9. The van der Waals surface area contributed by atoms with Crippen LogP contribution in [0, 0.1) is 5.41 Å². The van der Waals surface area contributed by atoms with Gasteiger partial charge in [-0.3, -0.25) is 4.79 Å². The molecular weight excluding hydrogens is 200 g/mol. The molecule has 0 aromatic carbocycles. The predicted molar refractivity (Wildman–Crippen MR) is 64.0 cm³/mol. The summed E-state index contributed by atoms with van der Waals surface area (Å²) in [6.07, 6.45) is 5.14. The Hall–Kier alpha value is -0.890. The van der Waals surface area contributed by atoms with E-state index in [-0.39, 0.29) is 17.3 Å². The van der Waals surface area contributed by atoms with Gasteiger partial charge >= 0.3 is 0 Å². The van der Waals surface area contributed by atoms with E-state index >= 15 is 0 Å². The smallest absolute Gasteiger partial charge is 0.184 e. The SMILES string of the molecule is CC=C1C[C@@]2(C)C(=C(C)C1=O)CCC[C@@H]2O. The van der Waals surface area contributed by atoms with Crippen LogP contribution >= 0.6 is 0 Å². The summed E-state index contributed by atoms with van der Waals surface area (Å²) >= 11 is 0. The van der Waals surface area contributed by atoms with E-state index in [9.17, 15) is 9.90 Å². The Labute approximate surface area is 97.0 Å². The Bertz CT molecular complexity index is 390. The van der Waals surface area contributed by atoms with Crippen molar-refractivity contribution in [2.45, 2.75) is 52.6 Å². The first-order chi connectivity index (χ1) is 7.50. The number of rotatable bonds is 0. The third kappa shape index (κ3) is 1.47. The Morgan fingerprint density at radius 1 is 1.50 bits per heavy atom. The molecular formula is C14H20O2. The lowest BCUT2D eigenvalue weighted by Crippen LogP contribution is -2.42. The highest BCUT2D eigenvalue weighted by molar-refractivity contribution is 6.09. The van der Waals surface area contributed by atoms with Gasteiger partial charge in [-0.05, 0) is 50.7 Å². The minimum atomic E-state index is -0.297. The Kier molecular flexibility index (Phi) is 2.79. The van der Waals surface area contributed by atoms with Gasteiger partial charge in [0.05, 0.1) is 6.10 Å². The summed E-state index contributed by atoms with van der Waals surface area (Å²) in [5.41, 5.74) is 2.74. The average molecular weight is 220 g/mol. The van der Waals surface area contributed by atoms with Crippen molar-refractivity contribution in [1.29, 1.82) is 0 Å². The van der Waals surface area contributed by atoms with Crippen LogP contribution in [0.2, 0.25) is 0 Å². The van der Waals surface area contributed by atoms with Gasteiger partial charge in [0.1, 0.15) is 0 Å². The first kappa shape index (κ1) is 11.6. The molecule has 2 rings (SSSR count). The summed E-state index contributed by atoms with van der Waals surface area (Å²) in [6, 6.07) is 0. The van der Waals surface area contributed by atoms with Gasteiger partial charge in [0.15, 0.2) is 5.78 Å². The normalized spacial score (nSPS) is 37.9. The van der Waals surface area contributed by atoms with Gasteiger partial charge in [-0.2, -0.15) is 0 Å². The standard InChI is InChI=1S/C14H20O2/c1-4-10-8-14(3)11(9(2)13(10)16)6-5-7-12(14)15/h4,12,15H,5-8H2,1-3H3/t12-,14-/m0/s1. The zero-order valence-corrected chi connectivity index (χ0v) is 10.3. The number of fused-ring (bicyclic) bond motifs is 1. The minimum Gasteiger partial charge on any atom is -0.392 e. The highest BCUT2D eigenvalue weighted by atomic mass is 16.3. The topological polar surface area (TPSA) is 37.3 Å². The second kappa shape index (κ2) is 3.85. The lowest BCUT2D eigenvalue weighted by atomic mass is 9.61. The summed E-state index contributed by atoms with van der Waals surface area (Å²) in [4.78, 5) is 12.1. The van der Waals surface area contributed by atoms with Crippen LogP contribution in [0.1, 0.15) is 46.5 Å². The Morgan fingerprint density at radius 3 is 2.81 bits per heavy atom. The monoisotopic (exact) mass is 220 g/mol. The maximum atomic E-state index is 12.1. The van der Waals surface area contributed by atoms with E-state index in [0.29, 0.717) is 6.42 Å². The van der Waals surface area contributed by atoms with E-state index in [4.69, 9.17) is 0 Å². The van der Waals surface area contributed by atoms with Crippen LogP contribution in [0.5, 0.6) is 0 Å². The molecule has 0 saturated heterocycles. The van der Waals surface area contributed by atoms with Gasteiger partial charge in [0.25, 0.3) is 0 Å². The van der Waals surface area contributed by atoms with Gasteiger partial charge < -0.3 is 5.11 Å². The number of hydrogen-bond acceptors (Lipinski definition) is 2. The number of carbonyl (C=O) groups excluding carboxylic acids is 1. The number of carbonyl (C=O) groups is 1. The van der Waals surface area contributed by atoms with Gasteiger partial charge in [-0.15, -0.1) is 0 Å². The van der Waals surface area contributed by atoms with E-state index in [0.717, 1.165) is 30.4 Å². The fourth-order valence-electron chi connectivity index (χ4n) is 3.20. The van der Waals surface area contributed by atoms with Crippen LogP contribution in [0.25, 0.3) is 0 Å². The second-order valence-electron chi connectivity index (χ2n) is 5.25. The summed E-state index contributed by atoms with van der Waals surface area (Å²) in [5.74, 6) is 0.184. The van der Waals surface area contributed by atoms with E-state index in [1.807, 2.05) is 19.9 Å². The lowest BCUT2D eigenvalue weighted by Gasteiger charge is -2.45. The quantitative estimate of drug-likeness (QED) is 0.637. The fraction of sp³-hybridized carbons (Fsp3) is 0.643. The molecule has 2 atom stereocenters. The number of aliphatic hydroxyl groups excluding tert-OH is 1.